The van der Waals surface area contributed by atoms with Crippen LogP contribution < -0.4 is 0 Å². The highest BCUT2D eigenvalue weighted by molar-refractivity contribution is 4.54. The molecule has 0 rings (SSSR count). The smallest absolute Gasteiger partial charge is 0.0881 e. The zero-order chi connectivity index (χ0) is 8.91. The number of rotatable bonds is 5. The van der Waals surface area contributed by atoms with E-state index in [9.17, 15) is 0 Å². The van der Waals surface area contributed by atoms with Crippen LogP contribution in [0.3, 0.4) is 0 Å². The lowest BCUT2D eigenvalue weighted by molar-refractivity contribution is -0.896. The monoisotopic (exact) mass is 158 g/mol. The molecule has 0 spiro atoms. The van der Waals surface area contributed by atoms with Crippen molar-refractivity contribution in [3.05, 3.63) is 0 Å². The summed E-state index contributed by atoms with van der Waals surface area (Å²) in [7, 11) is 6.89. The molecule has 0 aliphatic heterocycles. The standard InChI is InChI=1S/C10H24N/c1-6-8-9-10(7-2)11(3,4)5/h10H,6-9H2,1-5H3/q+1. The van der Waals surface area contributed by atoms with Crippen LogP contribution in [0.15, 0.2) is 0 Å². The topological polar surface area (TPSA) is 0 Å². The summed E-state index contributed by atoms with van der Waals surface area (Å²) in [6.45, 7) is 4.56. The summed E-state index contributed by atoms with van der Waals surface area (Å²) in [5.74, 6) is 0. The number of quaternary nitrogens is 1. The van der Waals surface area contributed by atoms with Gasteiger partial charge in [-0.1, -0.05) is 20.3 Å². The van der Waals surface area contributed by atoms with Gasteiger partial charge in [-0.25, -0.2) is 0 Å². The maximum atomic E-state index is 2.30. The van der Waals surface area contributed by atoms with E-state index in [-0.39, 0.29) is 0 Å². The molecule has 0 amide bonds. The molecule has 0 N–H and O–H groups in total. The fourth-order valence-corrected chi connectivity index (χ4v) is 1.58. The molecule has 0 fully saturated rings. The highest BCUT2D eigenvalue weighted by atomic mass is 15.3. The molecule has 0 aromatic carbocycles. The van der Waals surface area contributed by atoms with Crippen LogP contribution in [0.1, 0.15) is 39.5 Å². The molecule has 1 unspecified atom stereocenters. The van der Waals surface area contributed by atoms with Crippen molar-refractivity contribution in [2.45, 2.75) is 45.6 Å². The molecule has 0 aliphatic carbocycles. The molecule has 0 radical (unpaired) electrons. The zero-order valence-electron chi connectivity index (χ0n) is 8.85. The van der Waals surface area contributed by atoms with Gasteiger partial charge in [0, 0.05) is 0 Å². The second kappa shape index (κ2) is 4.76. The number of hydrogen-bond donors (Lipinski definition) is 0. The Morgan fingerprint density at radius 3 is 1.91 bits per heavy atom. The molecule has 0 aromatic rings. The summed E-state index contributed by atoms with van der Waals surface area (Å²) < 4.78 is 1.12. The first-order valence-corrected chi connectivity index (χ1v) is 4.83. The fourth-order valence-electron chi connectivity index (χ4n) is 1.58. The van der Waals surface area contributed by atoms with E-state index in [2.05, 4.69) is 35.0 Å². The predicted octanol–water partition coefficient (Wildman–Crippen LogP) is 2.66. The van der Waals surface area contributed by atoms with Crippen LogP contribution >= 0.6 is 0 Å². The highest BCUT2D eigenvalue weighted by Gasteiger charge is 2.20. The van der Waals surface area contributed by atoms with Crippen molar-refractivity contribution in [1.82, 2.24) is 0 Å². The van der Waals surface area contributed by atoms with E-state index in [4.69, 9.17) is 0 Å². The molecule has 0 aromatic heterocycles. The van der Waals surface area contributed by atoms with Crippen LogP contribution in [0.2, 0.25) is 0 Å². The summed E-state index contributed by atoms with van der Waals surface area (Å²) in [4.78, 5) is 0. The van der Waals surface area contributed by atoms with Crippen molar-refractivity contribution in [3.63, 3.8) is 0 Å². The van der Waals surface area contributed by atoms with Gasteiger partial charge < -0.3 is 4.48 Å². The second-order valence-corrected chi connectivity index (χ2v) is 4.32. The molecule has 0 saturated heterocycles. The van der Waals surface area contributed by atoms with E-state index < -0.39 is 0 Å². The van der Waals surface area contributed by atoms with Gasteiger partial charge in [0.15, 0.2) is 0 Å². The van der Waals surface area contributed by atoms with Crippen LogP contribution in [-0.4, -0.2) is 31.7 Å². The third kappa shape index (κ3) is 4.41. The van der Waals surface area contributed by atoms with E-state index in [0.717, 1.165) is 10.5 Å². The molecule has 0 heterocycles. The first kappa shape index (κ1) is 11.0. The summed E-state index contributed by atoms with van der Waals surface area (Å²) in [5, 5.41) is 0. The molecule has 1 heteroatoms. The molecule has 68 valence electrons. The number of nitrogens with zero attached hydrogens (tertiary/aromatic N) is 1. The average molecular weight is 158 g/mol. The van der Waals surface area contributed by atoms with Crippen molar-refractivity contribution in [3.8, 4) is 0 Å². The van der Waals surface area contributed by atoms with Crippen molar-refractivity contribution >= 4 is 0 Å². The minimum atomic E-state index is 0.856. The Hall–Kier alpha value is -0.0400. The molecule has 0 bridgehead atoms. The van der Waals surface area contributed by atoms with Gasteiger partial charge >= 0.3 is 0 Å². The van der Waals surface area contributed by atoms with Crippen LogP contribution in [0.5, 0.6) is 0 Å². The second-order valence-electron chi connectivity index (χ2n) is 4.32. The van der Waals surface area contributed by atoms with Gasteiger partial charge in [0.25, 0.3) is 0 Å². The maximum Gasteiger partial charge on any atom is 0.0881 e. The Morgan fingerprint density at radius 1 is 1.09 bits per heavy atom. The van der Waals surface area contributed by atoms with Gasteiger partial charge in [-0.3, -0.25) is 0 Å². The number of hydrogen-bond acceptors (Lipinski definition) is 0. The first-order valence-electron chi connectivity index (χ1n) is 4.83. The van der Waals surface area contributed by atoms with Crippen LogP contribution in [0, 0.1) is 0 Å². The van der Waals surface area contributed by atoms with Crippen LogP contribution in [0.25, 0.3) is 0 Å². The highest BCUT2D eigenvalue weighted by Crippen LogP contribution is 2.14. The van der Waals surface area contributed by atoms with Gasteiger partial charge in [-0.2, -0.15) is 0 Å². The molecular formula is C10H24N+. The van der Waals surface area contributed by atoms with E-state index in [1.165, 1.54) is 25.7 Å². The van der Waals surface area contributed by atoms with Crippen molar-refractivity contribution in [2.24, 2.45) is 0 Å². The van der Waals surface area contributed by atoms with Gasteiger partial charge in [-0.05, 0) is 19.3 Å². The summed E-state index contributed by atoms with van der Waals surface area (Å²) in [5.41, 5.74) is 0. The lowest BCUT2D eigenvalue weighted by atomic mass is 10.1. The minimum Gasteiger partial charge on any atom is -0.328 e. The van der Waals surface area contributed by atoms with Crippen molar-refractivity contribution < 1.29 is 4.48 Å². The van der Waals surface area contributed by atoms with Gasteiger partial charge in [0.2, 0.25) is 0 Å². The molecule has 0 saturated carbocycles. The van der Waals surface area contributed by atoms with Crippen molar-refractivity contribution in [1.29, 1.82) is 0 Å². The minimum absolute atomic E-state index is 0.856. The normalized spacial score (nSPS) is 15.0. The Morgan fingerprint density at radius 2 is 1.64 bits per heavy atom. The predicted molar refractivity (Wildman–Crippen MR) is 51.6 cm³/mol. The Labute approximate surface area is 72.0 Å². The summed E-state index contributed by atoms with van der Waals surface area (Å²) in [6.07, 6.45) is 5.41. The van der Waals surface area contributed by atoms with E-state index >= 15 is 0 Å². The molecule has 11 heavy (non-hydrogen) atoms. The van der Waals surface area contributed by atoms with E-state index in [1.807, 2.05) is 0 Å². The van der Waals surface area contributed by atoms with Crippen molar-refractivity contribution in [2.75, 3.05) is 21.1 Å². The van der Waals surface area contributed by atoms with Gasteiger partial charge in [-0.15, -0.1) is 0 Å². The third-order valence-corrected chi connectivity index (χ3v) is 2.46. The van der Waals surface area contributed by atoms with Gasteiger partial charge in [0.05, 0.1) is 27.2 Å². The molecule has 0 aliphatic rings. The SMILES string of the molecule is CCCCC(CC)[N+](C)(C)C. The molecular weight excluding hydrogens is 134 g/mol. The van der Waals surface area contributed by atoms with Crippen LogP contribution in [0.4, 0.5) is 0 Å². The fraction of sp³-hybridized carbons (Fsp3) is 1.00. The van der Waals surface area contributed by atoms with Crippen LogP contribution in [-0.2, 0) is 0 Å². The molecule has 1 atom stereocenters. The van der Waals surface area contributed by atoms with Gasteiger partial charge in [0.1, 0.15) is 0 Å². The Kier molecular flexibility index (Phi) is 4.74. The lowest BCUT2D eigenvalue weighted by Gasteiger charge is -2.33. The Balaban J connectivity index is 3.76. The third-order valence-electron chi connectivity index (χ3n) is 2.46. The largest absolute Gasteiger partial charge is 0.328 e. The first-order chi connectivity index (χ1) is 5.02. The molecule has 1 nitrogen and oxygen atoms in total. The van der Waals surface area contributed by atoms with E-state index in [1.54, 1.807) is 0 Å². The Bertz CT molecular complexity index is 91.5. The summed E-state index contributed by atoms with van der Waals surface area (Å²) >= 11 is 0. The average Bonchev–Trinajstić information content (AvgIpc) is 1.87. The number of unbranched alkanes of at least 4 members (excludes halogenated alkanes) is 1. The summed E-state index contributed by atoms with van der Waals surface area (Å²) in [6, 6.07) is 0.856. The lowest BCUT2D eigenvalue weighted by Crippen LogP contribution is -2.44. The van der Waals surface area contributed by atoms with E-state index in [0.29, 0.717) is 0 Å². The quantitative estimate of drug-likeness (QED) is 0.540. The zero-order valence-corrected chi connectivity index (χ0v) is 8.85. The maximum absolute atomic E-state index is 2.30.